The van der Waals surface area contributed by atoms with E-state index in [4.69, 9.17) is 4.74 Å². The first kappa shape index (κ1) is 15.8. The van der Waals surface area contributed by atoms with Crippen LogP contribution in [-0.4, -0.2) is 23.9 Å². The van der Waals surface area contributed by atoms with E-state index in [2.05, 4.69) is 5.32 Å². The first-order chi connectivity index (χ1) is 12.0. The van der Waals surface area contributed by atoms with E-state index in [0.717, 1.165) is 16.9 Å². The number of ether oxygens (including phenoxy) is 1. The Morgan fingerprint density at radius 2 is 1.96 bits per heavy atom. The molecule has 0 radical (unpaired) electrons. The second-order valence-electron chi connectivity index (χ2n) is 6.64. The summed E-state index contributed by atoms with van der Waals surface area (Å²) in [6, 6.07) is 10.5. The lowest BCUT2D eigenvalue weighted by Crippen LogP contribution is -2.47. The highest BCUT2D eigenvalue weighted by Gasteiger charge is 2.54. The molecule has 0 unspecified atom stereocenters. The quantitative estimate of drug-likeness (QED) is 0.883. The van der Waals surface area contributed by atoms with Gasteiger partial charge in [0.2, 0.25) is 0 Å². The maximum absolute atomic E-state index is 13.1. The molecule has 1 amide bonds. The molecule has 5 heteroatoms. The Balaban J connectivity index is 1.80. The van der Waals surface area contributed by atoms with Crippen LogP contribution in [0, 0.1) is 12.8 Å². The number of benzene rings is 2. The highest BCUT2D eigenvalue weighted by Crippen LogP contribution is 2.46. The number of carbonyl (C=O) groups excluding carboxylic acids is 2. The minimum Gasteiger partial charge on any atom is -0.496 e. The Kier molecular flexibility index (Phi) is 3.44. The molecule has 2 N–H and O–H groups in total. The van der Waals surface area contributed by atoms with Crippen LogP contribution in [0.15, 0.2) is 36.4 Å². The summed E-state index contributed by atoms with van der Waals surface area (Å²) in [5.41, 5.74) is 1.68. The van der Waals surface area contributed by atoms with Crippen LogP contribution in [0.5, 0.6) is 5.75 Å². The number of Topliss-reactive ketones (excluding diaryl/α,β-unsaturated/α-hetero) is 1. The molecule has 0 spiro atoms. The zero-order chi connectivity index (χ0) is 17.8. The number of fused-ring (bicyclic) bond motifs is 2. The molecule has 1 aliphatic carbocycles. The maximum atomic E-state index is 13.1. The van der Waals surface area contributed by atoms with Crippen molar-refractivity contribution >= 4 is 17.4 Å². The SMILES string of the molecule is COc1ccc2c(c1C)CC[C@@H]([C@]1(O)C(=O)Nc3ccccc31)C2=O. The fraction of sp³-hybridized carbons (Fsp3) is 0.300. The second-order valence-corrected chi connectivity index (χ2v) is 6.64. The molecule has 0 bridgehead atoms. The van der Waals surface area contributed by atoms with Crippen LogP contribution in [-0.2, 0) is 16.8 Å². The number of methoxy groups -OCH3 is 1. The summed E-state index contributed by atoms with van der Waals surface area (Å²) in [7, 11) is 1.60. The highest BCUT2D eigenvalue weighted by molar-refractivity contribution is 6.11. The van der Waals surface area contributed by atoms with Gasteiger partial charge in [-0.3, -0.25) is 9.59 Å². The molecule has 1 aliphatic heterocycles. The van der Waals surface area contributed by atoms with Crippen molar-refractivity contribution in [2.75, 3.05) is 12.4 Å². The van der Waals surface area contributed by atoms with Crippen molar-refractivity contribution in [2.24, 2.45) is 5.92 Å². The van der Waals surface area contributed by atoms with Crippen LogP contribution in [0.4, 0.5) is 5.69 Å². The van der Waals surface area contributed by atoms with E-state index in [1.54, 1.807) is 43.5 Å². The maximum Gasteiger partial charge on any atom is 0.261 e. The molecule has 0 fully saturated rings. The zero-order valence-corrected chi connectivity index (χ0v) is 14.1. The molecule has 1 heterocycles. The number of nitrogens with one attached hydrogen (secondary N) is 1. The van der Waals surface area contributed by atoms with Crippen LogP contribution in [0.2, 0.25) is 0 Å². The fourth-order valence-electron chi connectivity index (χ4n) is 4.13. The molecular formula is C20H19NO4. The number of aliphatic hydroxyl groups is 1. The summed E-state index contributed by atoms with van der Waals surface area (Å²) in [5, 5.41) is 13.9. The Bertz CT molecular complexity index is 905. The van der Waals surface area contributed by atoms with Crippen LogP contribution in [0.3, 0.4) is 0 Å². The van der Waals surface area contributed by atoms with Gasteiger partial charge >= 0.3 is 0 Å². The highest BCUT2D eigenvalue weighted by atomic mass is 16.5. The van der Waals surface area contributed by atoms with Gasteiger partial charge in [-0.1, -0.05) is 18.2 Å². The van der Waals surface area contributed by atoms with Gasteiger partial charge in [0.05, 0.1) is 13.0 Å². The van der Waals surface area contributed by atoms with Crippen LogP contribution >= 0.6 is 0 Å². The summed E-state index contributed by atoms with van der Waals surface area (Å²) in [4.78, 5) is 25.7. The van der Waals surface area contributed by atoms with E-state index in [0.29, 0.717) is 29.7 Å². The summed E-state index contributed by atoms with van der Waals surface area (Å²) >= 11 is 0. The van der Waals surface area contributed by atoms with Crippen molar-refractivity contribution in [3.8, 4) is 5.75 Å². The van der Waals surface area contributed by atoms with Crippen molar-refractivity contribution in [3.05, 3.63) is 58.7 Å². The molecule has 128 valence electrons. The molecular weight excluding hydrogens is 318 g/mol. The monoisotopic (exact) mass is 337 g/mol. The number of ketones is 1. The number of hydrogen-bond donors (Lipinski definition) is 2. The van der Waals surface area contributed by atoms with E-state index in [1.165, 1.54) is 0 Å². The minimum absolute atomic E-state index is 0.193. The zero-order valence-electron chi connectivity index (χ0n) is 14.1. The van der Waals surface area contributed by atoms with E-state index in [-0.39, 0.29) is 5.78 Å². The summed E-state index contributed by atoms with van der Waals surface area (Å²) in [6.07, 6.45) is 1.03. The van der Waals surface area contributed by atoms with Gasteiger partial charge in [0, 0.05) is 16.8 Å². The lowest BCUT2D eigenvalue weighted by Gasteiger charge is -2.34. The molecule has 2 atom stereocenters. The van der Waals surface area contributed by atoms with Crippen molar-refractivity contribution in [3.63, 3.8) is 0 Å². The summed E-state index contributed by atoms with van der Waals surface area (Å²) in [6.45, 7) is 1.93. The van der Waals surface area contributed by atoms with Crippen molar-refractivity contribution < 1.29 is 19.4 Å². The number of anilines is 1. The lowest BCUT2D eigenvalue weighted by molar-refractivity contribution is -0.138. The fourth-order valence-corrected chi connectivity index (χ4v) is 4.13. The number of rotatable bonds is 2. The predicted molar refractivity (Wildman–Crippen MR) is 92.8 cm³/mol. The third-order valence-corrected chi connectivity index (χ3v) is 5.47. The molecule has 0 aromatic heterocycles. The number of para-hydroxylation sites is 1. The predicted octanol–water partition coefficient (Wildman–Crippen LogP) is 2.59. The van der Waals surface area contributed by atoms with Gasteiger partial charge in [-0.05, 0) is 49.1 Å². The van der Waals surface area contributed by atoms with Gasteiger partial charge in [0.1, 0.15) is 5.75 Å². The largest absolute Gasteiger partial charge is 0.496 e. The molecule has 2 aromatic rings. The minimum atomic E-state index is -1.82. The number of hydrogen-bond acceptors (Lipinski definition) is 4. The van der Waals surface area contributed by atoms with Crippen LogP contribution < -0.4 is 10.1 Å². The van der Waals surface area contributed by atoms with E-state index < -0.39 is 17.4 Å². The van der Waals surface area contributed by atoms with E-state index in [9.17, 15) is 14.7 Å². The van der Waals surface area contributed by atoms with Gasteiger partial charge in [-0.15, -0.1) is 0 Å². The van der Waals surface area contributed by atoms with Crippen LogP contribution in [0.1, 0.15) is 33.5 Å². The third-order valence-electron chi connectivity index (χ3n) is 5.47. The van der Waals surface area contributed by atoms with E-state index >= 15 is 0 Å². The van der Waals surface area contributed by atoms with E-state index in [1.807, 2.05) is 6.92 Å². The first-order valence-electron chi connectivity index (χ1n) is 8.32. The average Bonchev–Trinajstić information content (AvgIpc) is 2.88. The molecule has 0 saturated carbocycles. The van der Waals surface area contributed by atoms with Gasteiger partial charge in [-0.2, -0.15) is 0 Å². The average molecular weight is 337 g/mol. The van der Waals surface area contributed by atoms with Gasteiger partial charge < -0.3 is 15.2 Å². The van der Waals surface area contributed by atoms with Gasteiger partial charge in [0.25, 0.3) is 5.91 Å². The van der Waals surface area contributed by atoms with Crippen LogP contribution in [0.25, 0.3) is 0 Å². The summed E-state index contributed by atoms with van der Waals surface area (Å²) in [5.74, 6) is -0.772. The Labute approximate surface area is 145 Å². The molecule has 2 aromatic carbocycles. The summed E-state index contributed by atoms with van der Waals surface area (Å²) < 4.78 is 5.33. The van der Waals surface area contributed by atoms with Crippen molar-refractivity contribution in [1.82, 2.24) is 0 Å². The Hall–Kier alpha value is -2.66. The molecule has 4 rings (SSSR count). The van der Waals surface area contributed by atoms with Crippen molar-refractivity contribution in [2.45, 2.75) is 25.4 Å². The molecule has 5 nitrogen and oxygen atoms in total. The second kappa shape index (κ2) is 5.43. The standard InChI is InChI=1S/C20H19NO4/c1-11-12-7-9-15(18(22)13(12)8-10-17(11)25-2)20(24)14-5-3-4-6-16(14)21-19(20)23/h3-6,8,10,15,24H,7,9H2,1-2H3,(H,21,23)/t15-,20+/m1/s1. The molecule has 2 aliphatic rings. The number of amides is 1. The normalized spacial score (nSPS) is 24.5. The first-order valence-corrected chi connectivity index (χ1v) is 8.32. The smallest absolute Gasteiger partial charge is 0.261 e. The Morgan fingerprint density at radius 1 is 1.20 bits per heavy atom. The molecule has 25 heavy (non-hydrogen) atoms. The number of carbonyl (C=O) groups is 2. The topological polar surface area (TPSA) is 75.6 Å². The van der Waals surface area contributed by atoms with Crippen molar-refractivity contribution in [1.29, 1.82) is 0 Å². The molecule has 0 saturated heterocycles. The Morgan fingerprint density at radius 3 is 2.72 bits per heavy atom. The third kappa shape index (κ3) is 2.05. The van der Waals surface area contributed by atoms with Gasteiger partial charge in [-0.25, -0.2) is 0 Å². The lowest BCUT2D eigenvalue weighted by atomic mass is 9.70. The van der Waals surface area contributed by atoms with Gasteiger partial charge in [0.15, 0.2) is 11.4 Å².